The van der Waals surface area contributed by atoms with Crippen molar-refractivity contribution in [1.29, 1.82) is 0 Å². The lowest BCUT2D eigenvalue weighted by Crippen LogP contribution is -2.04. The van der Waals surface area contributed by atoms with Crippen LogP contribution in [0.3, 0.4) is 0 Å². The number of aliphatic hydroxyl groups is 1. The first-order valence-corrected chi connectivity index (χ1v) is 6.43. The number of aromatic nitrogens is 5. The van der Waals surface area contributed by atoms with Crippen LogP contribution in [0.4, 0.5) is 0 Å². The van der Waals surface area contributed by atoms with Gasteiger partial charge in [-0.05, 0) is 12.7 Å². The van der Waals surface area contributed by atoms with Crippen LogP contribution >= 0.6 is 11.8 Å². The van der Waals surface area contributed by atoms with Gasteiger partial charge in [-0.2, -0.15) is 0 Å². The van der Waals surface area contributed by atoms with E-state index in [0.29, 0.717) is 24.5 Å². The molecule has 6 nitrogen and oxygen atoms in total. The van der Waals surface area contributed by atoms with E-state index in [2.05, 4.69) is 20.2 Å². The topological polar surface area (TPSA) is 76.7 Å². The minimum absolute atomic E-state index is 0.145. The van der Waals surface area contributed by atoms with E-state index in [-0.39, 0.29) is 6.61 Å². The molecule has 0 atom stereocenters. The average molecular weight is 251 g/mol. The van der Waals surface area contributed by atoms with E-state index >= 15 is 0 Å². The summed E-state index contributed by atoms with van der Waals surface area (Å²) >= 11 is 1.52. The van der Waals surface area contributed by atoms with Crippen molar-refractivity contribution in [2.75, 3.05) is 12.9 Å². The van der Waals surface area contributed by atoms with Crippen LogP contribution in [0.25, 0.3) is 11.5 Å². The summed E-state index contributed by atoms with van der Waals surface area (Å²) in [6.45, 7) is 0.817. The first kappa shape index (κ1) is 12.0. The summed E-state index contributed by atoms with van der Waals surface area (Å²) in [7, 11) is 0. The van der Waals surface area contributed by atoms with Crippen LogP contribution in [-0.4, -0.2) is 42.7 Å². The van der Waals surface area contributed by atoms with Crippen LogP contribution in [0.15, 0.2) is 23.7 Å². The highest BCUT2D eigenvalue weighted by Gasteiger charge is 2.13. The number of rotatable bonds is 5. The molecule has 90 valence electrons. The molecule has 0 aliphatic rings. The quantitative estimate of drug-likeness (QED) is 0.793. The van der Waals surface area contributed by atoms with Crippen molar-refractivity contribution in [3.05, 3.63) is 18.6 Å². The second-order valence-electron chi connectivity index (χ2n) is 3.33. The number of nitrogens with zero attached hydrogens (tertiary/aromatic N) is 5. The molecule has 0 fully saturated rings. The molecule has 2 aromatic heterocycles. The number of hydrogen-bond donors (Lipinski definition) is 1. The smallest absolute Gasteiger partial charge is 0.191 e. The third kappa shape index (κ3) is 2.62. The van der Waals surface area contributed by atoms with Crippen molar-refractivity contribution in [3.63, 3.8) is 0 Å². The second kappa shape index (κ2) is 5.74. The highest BCUT2D eigenvalue weighted by molar-refractivity contribution is 7.98. The Morgan fingerprint density at radius 2 is 2.24 bits per heavy atom. The molecule has 7 heteroatoms. The second-order valence-corrected chi connectivity index (χ2v) is 4.10. The molecule has 0 unspecified atom stereocenters. The van der Waals surface area contributed by atoms with Gasteiger partial charge in [-0.15, -0.1) is 10.2 Å². The van der Waals surface area contributed by atoms with E-state index in [0.717, 1.165) is 5.16 Å². The molecule has 0 aliphatic heterocycles. The predicted molar refractivity (Wildman–Crippen MR) is 64.5 cm³/mol. The molecular formula is C10H13N5OS. The standard InChI is InChI=1S/C10H13N5OS/c1-17-10-14-13-9(15(10)5-2-6-16)8-7-11-3-4-12-8/h3-4,7,16H,2,5-6H2,1H3. The maximum absolute atomic E-state index is 8.90. The SMILES string of the molecule is CSc1nnc(-c2cnccn2)n1CCCO. The van der Waals surface area contributed by atoms with Gasteiger partial charge in [0, 0.05) is 25.5 Å². The molecule has 0 bridgehead atoms. The average Bonchev–Trinajstić information content (AvgIpc) is 2.80. The third-order valence-corrected chi connectivity index (χ3v) is 2.90. The number of thioether (sulfide) groups is 1. The van der Waals surface area contributed by atoms with E-state index in [1.54, 1.807) is 18.6 Å². The zero-order chi connectivity index (χ0) is 12.1. The van der Waals surface area contributed by atoms with Gasteiger partial charge < -0.3 is 9.67 Å². The minimum Gasteiger partial charge on any atom is -0.396 e. The van der Waals surface area contributed by atoms with Crippen molar-refractivity contribution >= 4 is 11.8 Å². The Balaban J connectivity index is 2.36. The lowest BCUT2D eigenvalue weighted by Gasteiger charge is -2.07. The summed E-state index contributed by atoms with van der Waals surface area (Å²) in [4.78, 5) is 8.23. The van der Waals surface area contributed by atoms with Crippen LogP contribution in [0, 0.1) is 0 Å². The van der Waals surface area contributed by atoms with Crippen molar-refractivity contribution in [3.8, 4) is 11.5 Å². The van der Waals surface area contributed by atoms with Gasteiger partial charge in [-0.1, -0.05) is 11.8 Å². The van der Waals surface area contributed by atoms with Gasteiger partial charge in [-0.25, -0.2) is 4.98 Å². The Kier molecular flexibility index (Phi) is 4.05. The Labute approximate surface area is 103 Å². The number of aliphatic hydroxyl groups excluding tert-OH is 1. The molecule has 1 N–H and O–H groups in total. The zero-order valence-corrected chi connectivity index (χ0v) is 10.3. The molecule has 0 saturated heterocycles. The molecule has 2 aromatic rings. The molecular weight excluding hydrogens is 238 g/mol. The molecule has 0 spiro atoms. The highest BCUT2D eigenvalue weighted by Crippen LogP contribution is 2.20. The summed E-state index contributed by atoms with van der Waals surface area (Å²) in [5.41, 5.74) is 0.693. The first-order valence-electron chi connectivity index (χ1n) is 5.21. The largest absolute Gasteiger partial charge is 0.396 e. The highest BCUT2D eigenvalue weighted by atomic mass is 32.2. The van der Waals surface area contributed by atoms with E-state index in [1.165, 1.54) is 11.8 Å². The monoisotopic (exact) mass is 251 g/mol. The van der Waals surface area contributed by atoms with Crippen molar-refractivity contribution in [2.45, 2.75) is 18.1 Å². The van der Waals surface area contributed by atoms with Crippen molar-refractivity contribution in [2.24, 2.45) is 0 Å². The Morgan fingerprint density at radius 3 is 2.88 bits per heavy atom. The lowest BCUT2D eigenvalue weighted by molar-refractivity contribution is 0.278. The lowest BCUT2D eigenvalue weighted by atomic mass is 10.4. The molecule has 17 heavy (non-hydrogen) atoms. The fraction of sp³-hybridized carbons (Fsp3) is 0.400. The van der Waals surface area contributed by atoms with Crippen molar-refractivity contribution in [1.82, 2.24) is 24.7 Å². The van der Waals surface area contributed by atoms with Gasteiger partial charge in [0.25, 0.3) is 0 Å². The molecule has 2 heterocycles. The summed E-state index contributed by atoms with van der Waals surface area (Å²) in [6.07, 6.45) is 7.51. The molecule has 0 aromatic carbocycles. The normalized spacial score (nSPS) is 10.7. The molecule has 2 rings (SSSR count). The molecule has 0 amide bonds. The Morgan fingerprint density at radius 1 is 1.35 bits per heavy atom. The summed E-state index contributed by atoms with van der Waals surface area (Å²) in [5.74, 6) is 0.691. The van der Waals surface area contributed by atoms with Gasteiger partial charge in [0.05, 0.1) is 6.20 Å². The fourth-order valence-electron chi connectivity index (χ4n) is 1.47. The van der Waals surface area contributed by atoms with Crippen LogP contribution < -0.4 is 0 Å². The van der Waals surface area contributed by atoms with Crippen LogP contribution in [0.1, 0.15) is 6.42 Å². The van der Waals surface area contributed by atoms with Gasteiger partial charge in [0.2, 0.25) is 0 Å². The first-order chi connectivity index (χ1) is 8.36. The predicted octanol–water partition coefficient (Wildman–Crippen LogP) is 0.839. The van der Waals surface area contributed by atoms with Gasteiger partial charge in [0.15, 0.2) is 11.0 Å². The zero-order valence-electron chi connectivity index (χ0n) is 9.44. The Bertz CT molecular complexity index is 473. The van der Waals surface area contributed by atoms with E-state index in [1.807, 2.05) is 10.8 Å². The molecule has 0 aliphatic carbocycles. The van der Waals surface area contributed by atoms with E-state index < -0.39 is 0 Å². The number of hydrogen-bond acceptors (Lipinski definition) is 6. The summed E-state index contributed by atoms with van der Waals surface area (Å²) in [5, 5.41) is 17.9. The minimum atomic E-state index is 0.145. The molecule has 0 radical (unpaired) electrons. The van der Waals surface area contributed by atoms with E-state index in [4.69, 9.17) is 5.11 Å². The van der Waals surface area contributed by atoms with Gasteiger partial charge in [0.1, 0.15) is 5.69 Å². The van der Waals surface area contributed by atoms with E-state index in [9.17, 15) is 0 Å². The van der Waals surface area contributed by atoms with Gasteiger partial charge in [-0.3, -0.25) is 4.98 Å². The van der Waals surface area contributed by atoms with Gasteiger partial charge >= 0.3 is 0 Å². The summed E-state index contributed by atoms with van der Waals surface area (Å²) < 4.78 is 1.95. The van der Waals surface area contributed by atoms with Crippen molar-refractivity contribution < 1.29 is 5.11 Å². The maximum Gasteiger partial charge on any atom is 0.191 e. The van der Waals surface area contributed by atoms with Crippen LogP contribution in [-0.2, 0) is 6.54 Å². The summed E-state index contributed by atoms with van der Waals surface area (Å²) in [6, 6.07) is 0. The third-order valence-electron chi connectivity index (χ3n) is 2.23. The van der Waals surface area contributed by atoms with Crippen LogP contribution in [0.2, 0.25) is 0 Å². The maximum atomic E-state index is 8.90. The molecule has 0 saturated carbocycles. The van der Waals surface area contributed by atoms with Crippen LogP contribution in [0.5, 0.6) is 0 Å². The Hall–Kier alpha value is -1.47. The fourth-order valence-corrected chi connectivity index (χ4v) is 1.99.